The summed E-state index contributed by atoms with van der Waals surface area (Å²) in [7, 11) is 0. The molecule has 1 atom stereocenters. The van der Waals surface area contributed by atoms with Gasteiger partial charge in [0.15, 0.2) is 0 Å². The predicted octanol–water partition coefficient (Wildman–Crippen LogP) is 1.05. The Bertz CT molecular complexity index is 180. The van der Waals surface area contributed by atoms with Gasteiger partial charge in [-0.2, -0.15) is 0 Å². The highest BCUT2D eigenvalue weighted by atomic mass is 79.9. The van der Waals surface area contributed by atoms with E-state index < -0.39 is 0 Å². The number of carbonyl (C=O) groups excluding carboxylic acids is 1. The lowest BCUT2D eigenvalue weighted by molar-refractivity contribution is -0.121. The van der Waals surface area contributed by atoms with Gasteiger partial charge in [-0.15, -0.1) is 0 Å². The number of amides is 1. The first-order valence-corrected chi connectivity index (χ1v) is 5.65. The fourth-order valence-electron chi connectivity index (χ4n) is 1.41. The third-order valence-electron chi connectivity index (χ3n) is 2.42. The maximum atomic E-state index is 11.3. The lowest BCUT2D eigenvalue weighted by Crippen LogP contribution is -2.40. The van der Waals surface area contributed by atoms with Gasteiger partial charge >= 0.3 is 0 Å². The van der Waals surface area contributed by atoms with Crippen LogP contribution < -0.4 is 5.32 Å². The minimum Gasteiger partial charge on any atom is -0.393 e. The Morgan fingerprint density at radius 2 is 2.31 bits per heavy atom. The van der Waals surface area contributed by atoms with Crippen molar-refractivity contribution in [1.29, 1.82) is 0 Å². The van der Waals surface area contributed by atoms with Crippen molar-refractivity contribution in [3.8, 4) is 0 Å². The molecule has 13 heavy (non-hydrogen) atoms. The molecule has 0 bridgehead atoms. The third kappa shape index (κ3) is 3.27. The van der Waals surface area contributed by atoms with Crippen molar-refractivity contribution in [2.75, 3.05) is 6.54 Å². The molecule has 1 saturated carbocycles. The van der Waals surface area contributed by atoms with Gasteiger partial charge in [0.2, 0.25) is 5.91 Å². The van der Waals surface area contributed by atoms with Crippen LogP contribution in [-0.2, 0) is 4.79 Å². The molecule has 3 nitrogen and oxygen atoms in total. The summed E-state index contributed by atoms with van der Waals surface area (Å²) in [6, 6.07) is 0. The fourth-order valence-corrected chi connectivity index (χ4v) is 1.57. The molecule has 0 radical (unpaired) electrons. The van der Waals surface area contributed by atoms with Crippen molar-refractivity contribution in [2.45, 2.75) is 37.1 Å². The molecule has 76 valence electrons. The Morgan fingerprint density at radius 3 is 2.77 bits per heavy atom. The Kier molecular flexibility index (Phi) is 4.19. The average molecular weight is 250 g/mol. The molecule has 2 N–H and O–H groups in total. The molecule has 1 aliphatic rings. The highest BCUT2D eigenvalue weighted by Crippen LogP contribution is 2.26. The number of halogens is 1. The normalized spacial score (nSPS) is 29.2. The van der Waals surface area contributed by atoms with Crippen LogP contribution in [0.25, 0.3) is 0 Å². The van der Waals surface area contributed by atoms with Crippen LogP contribution in [0.2, 0.25) is 0 Å². The molecule has 0 saturated heterocycles. The summed E-state index contributed by atoms with van der Waals surface area (Å²) in [6.45, 7) is 2.67. The third-order valence-corrected chi connectivity index (χ3v) is 3.48. The number of alkyl halides is 1. The van der Waals surface area contributed by atoms with Gasteiger partial charge in [0, 0.05) is 6.54 Å². The Balaban J connectivity index is 2.09. The van der Waals surface area contributed by atoms with Crippen LogP contribution in [0.5, 0.6) is 0 Å². The molecule has 0 aromatic heterocycles. The van der Waals surface area contributed by atoms with E-state index in [-0.39, 0.29) is 16.8 Å². The van der Waals surface area contributed by atoms with Crippen molar-refractivity contribution in [1.82, 2.24) is 5.32 Å². The van der Waals surface area contributed by atoms with Crippen LogP contribution in [0, 0.1) is 5.92 Å². The van der Waals surface area contributed by atoms with Gasteiger partial charge in [-0.05, 0) is 25.2 Å². The highest BCUT2D eigenvalue weighted by Gasteiger charge is 2.27. The molecule has 1 rings (SSSR count). The monoisotopic (exact) mass is 249 g/mol. The second-order valence-corrected chi connectivity index (χ2v) is 4.72. The molecule has 0 aromatic carbocycles. The molecule has 0 aromatic rings. The van der Waals surface area contributed by atoms with Gasteiger partial charge in [-0.3, -0.25) is 4.79 Å². The number of carbonyl (C=O) groups is 1. The van der Waals surface area contributed by atoms with Crippen molar-refractivity contribution in [3.05, 3.63) is 0 Å². The molecular weight excluding hydrogens is 234 g/mol. The molecule has 1 aliphatic carbocycles. The minimum absolute atomic E-state index is 0.0592. The molecule has 0 aliphatic heterocycles. The quantitative estimate of drug-likeness (QED) is 0.732. The van der Waals surface area contributed by atoms with Gasteiger partial charge in [0.1, 0.15) is 0 Å². The van der Waals surface area contributed by atoms with E-state index in [0.717, 1.165) is 19.3 Å². The summed E-state index contributed by atoms with van der Waals surface area (Å²) in [5, 5.41) is 11.9. The summed E-state index contributed by atoms with van der Waals surface area (Å²) in [5.74, 6) is 0.541. The van der Waals surface area contributed by atoms with Crippen LogP contribution in [0.4, 0.5) is 0 Å². The molecule has 1 fully saturated rings. The van der Waals surface area contributed by atoms with E-state index in [1.165, 1.54) is 0 Å². The summed E-state index contributed by atoms with van der Waals surface area (Å²) >= 11 is 3.28. The molecule has 0 heterocycles. The van der Waals surface area contributed by atoms with Crippen molar-refractivity contribution >= 4 is 21.8 Å². The number of hydrogen-bond donors (Lipinski definition) is 2. The second-order valence-electron chi connectivity index (χ2n) is 3.61. The SMILES string of the molecule is CCC(Br)C(=O)NCC1CC(O)C1. The summed E-state index contributed by atoms with van der Waals surface area (Å²) in [6.07, 6.45) is 2.34. The summed E-state index contributed by atoms with van der Waals surface area (Å²) in [4.78, 5) is 11.2. The zero-order chi connectivity index (χ0) is 9.84. The van der Waals surface area contributed by atoms with Crippen LogP contribution in [-0.4, -0.2) is 28.5 Å². The number of hydrogen-bond acceptors (Lipinski definition) is 2. The first-order valence-electron chi connectivity index (χ1n) is 4.73. The largest absolute Gasteiger partial charge is 0.393 e. The van der Waals surface area contributed by atoms with E-state index in [0.29, 0.717) is 12.5 Å². The maximum absolute atomic E-state index is 11.3. The van der Waals surface area contributed by atoms with Crippen molar-refractivity contribution in [2.24, 2.45) is 5.92 Å². The molecule has 0 spiro atoms. The zero-order valence-corrected chi connectivity index (χ0v) is 9.38. The first-order chi connectivity index (χ1) is 6.13. The van der Waals surface area contributed by atoms with E-state index >= 15 is 0 Å². The Hall–Kier alpha value is -0.0900. The van der Waals surface area contributed by atoms with Gasteiger partial charge < -0.3 is 10.4 Å². The summed E-state index contributed by atoms with van der Waals surface area (Å²) in [5.41, 5.74) is 0. The van der Waals surface area contributed by atoms with Crippen LogP contribution in [0.1, 0.15) is 26.2 Å². The lowest BCUT2D eigenvalue weighted by atomic mass is 9.82. The Labute approximate surface area is 87.0 Å². The number of aliphatic hydroxyl groups excluding tert-OH is 1. The van der Waals surface area contributed by atoms with E-state index in [9.17, 15) is 4.79 Å². The van der Waals surface area contributed by atoms with Crippen molar-refractivity contribution < 1.29 is 9.90 Å². The first kappa shape index (κ1) is 11.0. The summed E-state index contributed by atoms with van der Waals surface area (Å²) < 4.78 is 0. The van der Waals surface area contributed by atoms with Crippen molar-refractivity contribution in [3.63, 3.8) is 0 Å². The number of nitrogens with one attached hydrogen (secondary N) is 1. The van der Waals surface area contributed by atoms with Gasteiger partial charge in [0.05, 0.1) is 10.9 Å². The molecule has 1 amide bonds. The zero-order valence-electron chi connectivity index (χ0n) is 7.79. The van der Waals surface area contributed by atoms with Crippen LogP contribution >= 0.6 is 15.9 Å². The molecule has 4 heteroatoms. The highest BCUT2D eigenvalue weighted by molar-refractivity contribution is 9.10. The number of rotatable bonds is 4. The minimum atomic E-state index is -0.132. The molecule has 1 unspecified atom stereocenters. The fraction of sp³-hybridized carbons (Fsp3) is 0.889. The van der Waals surface area contributed by atoms with Gasteiger partial charge in [0.25, 0.3) is 0 Å². The Morgan fingerprint density at radius 1 is 1.69 bits per heavy atom. The maximum Gasteiger partial charge on any atom is 0.233 e. The molecular formula is C9H16BrNO2. The van der Waals surface area contributed by atoms with E-state index in [1.807, 2.05) is 6.92 Å². The van der Waals surface area contributed by atoms with Crippen LogP contribution in [0.15, 0.2) is 0 Å². The van der Waals surface area contributed by atoms with E-state index in [1.54, 1.807) is 0 Å². The standard InChI is InChI=1S/C9H16BrNO2/c1-2-8(10)9(13)11-5-6-3-7(12)4-6/h6-8,12H,2-5H2,1H3,(H,11,13). The second kappa shape index (κ2) is 4.96. The smallest absolute Gasteiger partial charge is 0.233 e. The van der Waals surface area contributed by atoms with E-state index in [2.05, 4.69) is 21.2 Å². The van der Waals surface area contributed by atoms with Crippen LogP contribution in [0.3, 0.4) is 0 Å². The lowest BCUT2D eigenvalue weighted by Gasteiger charge is -2.31. The van der Waals surface area contributed by atoms with Gasteiger partial charge in [-0.1, -0.05) is 22.9 Å². The topological polar surface area (TPSA) is 49.3 Å². The predicted molar refractivity (Wildman–Crippen MR) is 54.7 cm³/mol. The van der Waals surface area contributed by atoms with E-state index in [4.69, 9.17) is 5.11 Å². The van der Waals surface area contributed by atoms with Gasteiger partial charge in [-0.25, -0.2) is 0 Å². The average Bonchev–Trinajstić information content (AvgIpc) is 2.08. The number of aliphatic hydroxyl groups is 1.